The van der Waals surface area contributed by atoms with Crippen LogP contribution in [-0.4, -0.2) is 38.7 Å². The number of hydrogen-bond donors (Lipinski definition) is 2. The van der Waals surface area contributed by atoms with Gasteiger partial charge in [0.05, 0.1) is 18.5 Å². The third-order valence-electron chi connectivity index (χ3n) is 2.79. The zero-order chi connectivity index (χ0) is 13.0. The minimum absolute atomic E-state index is 0.302. The van der Waals surface area contributed by atoms with Crippen molar-refractivity contribution in [3.8, 4) is 5.75 Å². The summed E-state index contributed by atoms with van der Waals surface area (Å²) in [5.74, 6) is 0.112. The normalized spacial score (nSPS) is 12.6. The van der Waals surface area contributed by atoms with Crippen LogP contribution in [0.2, 0.25) is 0 Å². The molecule has 0 saturated carbocycles. The van der Waals surface area contributed by atoms with Crippen LogP contribution in [0, 0.1) is 5.82 Å². The molecule has 0 bridgehead atoms. The van der Waals surface area contributed by atoms with Crippen molar-refractivity contribution in [3.05, 3.63) is 17.9 Å². The molecule has 0 aliphatic carbocycles. The molecule has 0 heterocycles. The first-order chi connectivity index (χ1) is 7.95. The lowest BCUT2D eigenvalue weighted by Gasteiger charge is -2.21. The summed E-state index contributed by atoms with van der Waals surface area (Å²) >= 11 is 0. The van der Waals surface area contributed by atoms with Gasteiger partial charge in [0.25, 0.3) is 0 Å². The molecule has 4 nitrogen and oxygen atoms in total. The maximum atomic E-state index is 13.6. The molecule has 1 atom stereocenters. The molecule has 0 aromatic heterocycles. The van der Waals surface area contributed by atoms with Crippen molar-refractivity contribution in [2.45, 2.75) is 13.0 Å². The second-order valence-corrected chi connectivity index (χ2v) is 4.27. The molecule has 0 fully saturated rings. The largest absolute Gasteiger partial charge is 0.495 e. The van der Waals surface area contributed by atoms with Crippen molar-refractivity contribution in [3.63, 3.8) is 0 Å². The molecule has 1 aromatic rings. The third-order valence-corrected chi connectivity index (χ3v) is 2.79. The molecule has 0 aliphatic rings. The Hall–Kier alpha value is -1.49. The number of benzene rings is 1. The summed E-state index contributed by atoms with van der Waals surface area (Å²) in [6.07, 6.45) is 0. The molecule has 0 spiro atoms. The number of halogens is 1. The fourth-order valence-electron chi connectivity index (χ4n) is 1.32. The van der Waals surface area contributed by atoms with E-state index in [1.54, 1.807) is 6.07 Å². The maximum Gasteiger partial charge on any atom is 0.148 e. The number of nitrogens with zero attached hydrogens (tertiary/aromatic N) is 1. The molecule has 0 saturated heterocycles. The van der Waals surface area contributed by atoms with Crippen LogP contribution in [0.5, 0.6) is 5.75 Å². The summed E-state index contributed by atoms with van der Waals surface area (Å²) in [7, 11) is 5.47. The fourth-order valence-corrected chi connectivity index (χ4v) is 1.32. The third kappa shape index (κ3) is 3.49. The molecular formula is C12H20FN3O. The Bertz CT molecular complexity index is 382. The van der Waals surface area contributed by atoms with Crippen LogP contribution in [0.4, 0.5) is 15.8 Å². The zero-order valence-corrected chi connectivity index (χ0v) is 10.7. The van der Waals surface area contributed by atoms with Gasteiger partial charge in [-0.25, -0.2) is 4.39 Å². The highest BCUT2D eigenvalue weighted by atomic mass is 19.1. The monoisotopic (exact) mass is 241 g/mol. The van der Waals surface area contributed by atoms with E-state index in [4.69, 9.17) is 10.5 Å². The number of anilines is 2. The lowest BCUT2D eigenvalue weighted by molar-refractivity contribution is 0.326. The number of nitrogens with two attached hydrogens (primary N) is 1. The van der Waals surface area contributed by atoms with Gasteiger partial charge < -0.3 is 20.7 Å². The van der Waals surface area contributed by atoms with Gasteiger partial charge in [-0.3, -0.25) is 0 Å². The first kappa shape index (κ1) is 13.6. The minimum atomic E-state index is -0.366. The predicted octanol–water partition coefficient (Wildman–Crippen LogP) is 1.78. The van der Waals surface area contributed by atoms with Gasteiger partial charge in [-0.15, -0.1) is 0 Å². The van der Waals surface area contributed by atoms with Gasteiger partial charge in [-0.05, 0) is 21.0 Å². The van der Waals surface area contributed by atoms with E-state index in [0.29, 0.717) is 29.7 Å². The Kier molecular flexibility index (Phi) is 4.57. The lowest BCUT2D eigenvalue weighted by atomic mass is 10.2. The minimum Gasteiger partial charge on any atom is -0.495 e. The smallest absolute Gasteiger partial charge is 0.148 e. The van der Waals surface area contributed by atoms with E-state index in [0.717, 1.165) is 0 Å². The molecule has 1 unspecified atom stereocenters. The second-order valence-electron chi connectivity index (χ2n) is 4.27. The first-order valence-corrected chi connectivity index (χ1v) is 5.49. The molecular weight excluding hydrogens is 221 g/mol. The summed E-state index contributed by atoms with van der Waals surface area (Å²) in [5.41, 5.74) is 6.31. The van der Waals surface area contributed by atoms with Crippen LogP contribution in [0.15, 0.2) is 12.1 Å². The van der Waals surface area contributed by atoms with E-state index in [1.165, 1.54) is 13.2 Å². The zero-order valence-electron chi connectivity index (χ0n) is 10.7. The number of nitrogens with one attached hydrogen (secondary N) is 1. The number of nitrogen functional groups attached to an aromatic ring is 1. The number of rotatable bonds is 5. The van der Waals surface area contributed by atoms with Crippen molar-refractivity contribution in [2.75, 3.05) is 38.8 Å². The molecule has 96 valence electrons. The number of methoxy groups -OCH3 is 1. The fraction of sp³-hybridized carbons (Fsp3) is 0.500. The van der Waals surface area contributed by atoms with Crippen LogP contribution < -0.4 is 15.8 Å². The number of ether oxygens (including phenoxy) is 1. The average molecular weight is 241 g/mol. The van der Waals surface area contributed by atoms with Crippen LogP contribution in [0.1, 0.15) is 6.92 Å². The summed E-state index contributed by atoms with van der Waals surface area (Å²) < 4.78 is 18.7. The lowest BCUT2D eigenvalue weighted by Crippen LogP contribution is -2.31. The van der Waals surface area contributed by atoms with E-state index in [9.17, 15) is 4.39 Å². The Morgan fingerprint density at radius 3 is 2.65 bits per heavy atom. The Morgan fingerprint density at radius 1 is 1.47 bits per heavy atom. The van der Waals surface area contributed by atoms with Gasteiger partial charge in [-0.1, -0.05) is 0 Å². The predicted molar refractivity (Wildman–Crippen MR) is 69.0 cm³/mol. The van der Waals surface area contributed by atoms with Gasteiger partial charge >= 0.3 is 0 Å². The number of hydrogen-bond acceptors (Lipinski definition) is 4. The summed E-state index contributed by atoms with van der Waals surface area (Å²) in [6, 6.07) is 3.15. The van der Waals surface area contributed by atoms with Crippen LogP contribution in [0.25, 0.3) is 0 Å². The van der Waals surface area contributed by atoms with Crippen molar-refractivity contribution in [1.82, 2.24) is 4.90 Å². The van der Waals surface area contributed by atoms with Crippen LogP contribution >= 0.6 is 0 Å². The highest BCUT2D eigenvalue weighted by molar-refractivity contribution is 5.62. The topological polar surface area (TPSA) is 50.5 Å². The molecule has 17 heavy (non-hydrogen) atoms. The standard InChI is InChI=1S/C12H20FN3O/c1-8(16(2)3)7-15-11-6-12(17-4)10(14)5-9(11)13/h5-6,8,15H,7,14H2,1-4H3. The van der Waals surface area contributed by atoms with Crippen molar-refractivity contribution >= 4 is 11.4 Å². The molecule has 3 N–H and O–H groups in total. The molecule has 1 aromatic carbocycles. The van der Waals surface area contributed by atoms with Gasteiger partial charge in [0.2, 0.25) is 0 Å². The van der Waals surface area contributed by atoms with Crippen LogP contribution in [-0.2, 0) is 0 Å². The maximum absolute atomic E-state index is 13.6. The summed E-state index contributed by atoms with van der Waals surface area (Å²) in [4.78, 5) is 2.05. The van der Waals surface area contributed by atoms with Gasteiger partial charge in [0, 0.05) is 24.7 Å². The molecule has 5 heteroatoms. The number of likely N-dealkylation sites (N-methyl/N-ethyl adjacent to an activating group) is 1. The molecule has 1 rings (SSSR count). The SMILES string of the molecule is COc1cc(NCC(C)N(C)C)c(F)cc1N. The summed E-state index contributed by atoms with van der Waals surface area (Å²) in [5, 5.41) is 3.04. The Labute approximate surface area is 102 Å². The first-order valence-electron chi connectivity index (χ1n) is 5.49. The molecule has 0 radical (unpaired) electrons. The Morgan fingerprint density at radius 2 is 2.12 bits per heavy atom. The van der Waals surface area contributed by atoms with Gasteiger partial charge in [0.1, 0.15) is 11.6 Å². The molecule has 0 aliphatic heterocycles. The van der Waals surface area contributed by atoms with E-state index in [2.05, 4.69) is 17.1 Å². The second kappa shape index (κ2) is 5.72. The van der Waals surface area contributed by atoms with Gasteiger partial charge in [0.15, 0.2) is 0 Å². The van der Waals surface area contributed by atoms with Crippen molar-refractivity contribution < 1.29 is 9.13 Å². The van der Waals surface area contributed by atoms with Gasteiger partial charge in [-0.2, -0.15) is 0 Å². The van der Waals surface area contributed by atoms with Crippen LogP contribution in [0.3, 0.4) is 0 Å². The quantitative estimate of drug-likeness (QED) is 0.772. The molecule has 0 amide bonds. The Balaban J connectivity index is 2.77. The highest BCUT2D eigenvalue weighted by Crippen LogP contribution is 2.28. The van der Waals surface area contributed by atoms with E-state index >= 15 is 0 Å². The van der Waals surface area contributed by atoms with Crippen molar-refractivity contribution in [2.24, 2.45) is 0 Å². The average Bonchev–Trinajstić information content (AvgIpc) is 2.27. The summed E-state index contributed by atoms with van der Waals surface area (Å²) in [6.45, 7) is 2.70. The van der Waals surface area contributed by atoms with E-state index in [-0.39, 0.29) is 5.82 Å². The van der Waals surface area contributed by atoms with Crippen molar-refractivity contribution in [1.29, 1.82) is 0 Å². The van der Waals surface area contributed by atoms with E-state index in [1.807, 2.05) is 14.1 Å². The van der Waals surface area contributed by atoms with E-state index < -0.39 is 0 Å². The highest BCUT2D eigenvalue weighted by Gasteiger charge is 2.10.